The van der Waals surface area contributed by atoms with E-state index in [2.05, 4.69) is 5.32 Å². The summed E-state index contributed by atoms with van der Waals surface area (Å²) in [6.45, 7) is 3.97. The molecule has 0 spiro atoms. The Bertz CT molecular complexity index is 1280. The summed E-state index contributed by atoms with van der Waals surface area (Å²) in [7, 11) is 1.60. The number of carbonyl (C=O) groups is 1. The molecule has 0 unspecified atom stereocenters. The van der Waals surface area contributed by atoms with Crippen LogP contribution in [-0.4, -0.2) is 39.6 Å². The largest absolute Gasteiger partial charge is 0.478 e. The maximum atomic E-state index is 13.7. The molecule has 9 heteroatoms. The standard InChI is InChI=1S/C24H26F2N4O3/c1-14-12-17(15(2)27-19-7-5-4-6-16(19)22(32)33)20-18(13-14)21(31)29(3)23(28-20)30-10-8-24(25,26)9-11-30/h4-7,12-13,15,27H,8-11H2,1-3H3,(H,32,33)/t15-/m1/s1. The SMILES string of the molecule is Cc1cc([C@@H](C)Nc2ccccc2C(=O)O)c2nc(N3CCC(F)(F)CC3)n(C)c(=O)c2c1. The lowest BCUT2D eigenvalue weighted by atomic mass is 10.0. The van der Waals surface area contributed by atoms with Crippen LogP contribution in [-0.2, 0) is 7.05 Å². The molecule has 1 aliphatic heterocycles. The quantitative estimate of drug-likeness (QED) is 0.594. The van der Waals surface area contributed by atoms with Gasteiger partial charge >= 0.3 is 5.97 Å². The van der Waals surface area contributed by atoms with E-state index in [4.69, 9.17) is 4.98 Å². The number of fused-ring (bicyclic) bond motifs is 1. The van der Waals surface area contributed by atoms with E-state index >= 15 is 0 Å². The molecule has 0 amide bonds. The fourth-order valence-electron chi connectivity index (χ4n) is 4.29. The predicted octanol–water partition coefficient (Wildman–Crippen LogP) is 4.35. The molecule has 3 aromatic rings. The number of para-hydroxylation sites is 1. The van der Waals surface area contributed by atoms with E-state index in [1.807, 2.05) is 19.9 Å². The van der Waals surface area contributed by atoms with Crippen molar-refractivity contribution in [3.05, 3.63) is 63.4 Å². The number of aromatic nitrogens is 2. The van der Waals surface area contributed by atoms with E-state index in [9.17, 15) is 23.5 Å². The number of alkyl halides is 2. The number of rotatable bonds is 5. The second kappa shape index (κ2) is 8.46. The lowest BCUT2D eigenvalue weighted by Crippen LogP contribution is -2.42. The molecule has 0 aliphatic carbocycles. The van der Waals surface area contributed by atoms with Crippen molar-refractivity contribution in [1.82, 2.24) is 9.55 Å². The zero-order valence-electron chi connectivity index (χ0n) is 18.7. The highest BCUT2D eigenvalue weighted by Crippen LogP contribution is 2.32. The number of hydrogen-bond acceptors (Lipinski definition) is 5. The molecular formula is C24H26F2N4O3. The molecule has 174 valence electrons. The molecule has 1 fully saturated rings. The van der Waals surface area contributed by atoms with E-state index < -0.39 is 11.9 Å². The minimum atomic E-state index is -2.70. The van der Waals surface area contributed by atoms with Crippen LogP contribution in [0.4, 0.5) is 20.4 Å². The van der Waals surface area contributed by atoms with Gasteiger partial charge in [0, 0.05) is 44.2 Å². The molecule has 0 saturated carbocycles. The van der Waals surface area contributed by atoms with Crippen molar-refractivity contribution in [2.75, 3.05) is 23.3 Å². The maximum absolute atomic E-state index is 13.7. The zero-order chi connectivity index (χ0) is 23.9. The number of nitrogens with one attached hydrogen (secondary N) is 1. The third-order valence-electron chi connectivity index (χ3n) is 6.10. The fourth-order valence-corrected chi connectivity index (χ4v) is 4.29. The Morgan fingerprint density at radius 1 is 1.21 bits per heavy atom. The number of aryl methyl sites for hydroxylation is 1. The van der Waals surface area contributed by atoms with Gasteiger partial charge in [0.15, 0.2) is 0 Å². The van der Waals surface area contributed by atoms with Crippen LogP contribution in [0.3, 0.4) is 0 Å². The van der Waals surface area contributed by atoms with Gasteiger partial charge in [-0.05, 0) is 37.6 Å². The maximum Gasteiger partial charge on any atom is 0.337 e. The number of nitrogens with zero attached hydrogens (tertiary/aromatic N) is 3. The van der Waals surface area contributed by atoms with Crippen LogP contribution in [0.25, 0.3) is 10.9 Å². The normalized spacial score (nSPS) is 16.6. The van der Waals surface area contributed by atoms with Crippen LogP contribution in [0.15, 0.2) is 41.2 Å². The molecule has 1 atom stereocenters. The highest BCUT2D eigenvalue weighted by molar-refractivity contribution is 5.94. The van der Waals surface area contributed by atoms with Gasteiger partial charge in [-0.1, -0.05) is 18.2 Å². The number of benzene rings is 2. The van der Waals surface area contributed by atoms with Gasteiger partial charge in [0.1, 0.15) is 0 Å². The van der Waals surface area contributed by atoms with Crippen molar-refractivity contribution in [3.63, 3.8) is 0 Å². The Morgan fingerprint density at radius 2 is 1.88 bits per heavy atom. The van der Waals surface area contributed by atoms with Gasteiger partial charge in [-0.15, -0.1) is 0 Å². The molecule has 0 radical (unpaired) electrons. The molecule has 2 aromatic carbocycles. The first kappa shape index (κ1) is 22.7. The number of halogens is 2. The lowest BCUT2D eigenvalue weighted by Gasteiger charge is -2.33. The monoisotopic (exact) mass is 456 g/mol. The summed E-state index contributed by atoms with van der Waals surface area (Å²) in [5.41, 5.74) is 2.40. The van der Waals surface area contributed by atoms with Crippen LogP contribution in [0.5, 0.6) is 0 Å². The first-order chi connectivity index (χ1) is 15.6. The van der Waals surface area contributed by atoms with Gasteiger partial charge in [0.05, 0.1) is 22.5 Å². The van der Waals surface area contributed by atoms with E-state index in [0.717, 1.165) is 11.1 Å². The molecule has 2 N–H and O–H groups in total. The highest BCUT2D eigenvalue weighted by Gasteiger charge is 2.35. The molecular weight excluding hydrogens is 430 g/mol. The number of anilines is 2. The average Bonchev–Trinajstić information content (AvgIpc) is 2.76. The smallest absolute Gasteiger partial charge is 0.337 e. The van der Waals surface area contributed by atoms with Crippen molar-refractivity contribution >= 4 is 28.5 Å². The molecule has 33 heavy (non-hydrogen) atoms. The van der Waals surface area contributed by atoms with Crippen molar-refractivity contribution in [3.8, 4) is 0 Å². The molecule has 0 bridgehead atoms. The Labute approximate surface area is 189 Å². The summed E-state index contributed by atoms with van der Waals surface area (Å²) in [5.74, 6) is -3.40. The summed E-state index contributed by atoms with van der Waals surface area (Å²) in [6, 6.07) is 9.90. The molecule has 1 aliphatic rings. The second-order valence-corrected chi connectivity index (χ2v) is 8.59. The third-order valence-corrected chi connectivity index (χ3v) is 6.10. The Balaban J connectivity index is 1.80. The first-order valence-corrected chi connectivity index (χ1v) is 10.8. The third kappa shape index (κ3) is 4.40. The van der Waals surface area contributed by atoms with Crippen molar-refractivity contribution in [2.24, 2.45) is 7.05 Å². The summed E-state index contributed by atoms with van der Waals surface area (Å²) in [6.07, 6.45) is -0.572. The van der Waals surface area contributed by atoms with Crippen LogP contribution in [0.1, 0.15) is 47.3 Å². The van der Waals surface area contributed by atoms with E-state index in [0.29, 0.717) is 22.5 Å². The van der Waals surface area contributed by atoms with Gasteiger partial charge in [0.2, 0.25) is 5.95 Å². The summed E-state index contributed by atoms with van der Waals surface area (Å²) in [4.78, 5) is 31.3. The molecule has 1 aromatic heterocycles. The van der Waals surface area contributed by atoms with Crippen LogP contribution < -0.4 is 15.8 Å². The topological polar surface area (TPSA) is 87.5 Å². The van der Waals surface area contributed by atoms with Gasteiger partial charge in [-0.25, -0.2) is 18.6 Å². The number of aromatic carboxylic acids is 1. The minimum Gasteiger partial charge on any atom is -0.478 e. The summed E-state index contributed by atoms with van der Waals surface area (Å²) < 4.78 is 28.8. The van der Waals surface area contributed by atoms with Gasteiger partial charge in [-0.2, -0.15) is 0 Å². The number of piperidine rings is 1. The Hall–Kier alpha value is -3.49. The van der Waals surface area contributed by atoms with Gasteiger partial charge in [-0.3, -0.25) is 9.36 Å². The molecule has 1 saturated heterocycles. The van der Waals surface area contributed by atoms with Crippen LogP contribution >= 0.6 is 0 Å². The minimum absolute atomic E-state index is 0.111. The van der Waals surface area contributed by atoms with Crippen molar-refractivity contribution in [2.45, 2.75) is 38.7 Å². The first-order valence-electron chi connectivity index (χ1n) is 10.8. The fraction of sp³-hybridized carbons (Fsp3) is 0.375. The number of hydrogen-bond donors (Lipinski definition) is 2. The Morgan fingerprint density at radius 3 is 2.55 bits per heavy atom. The summed E-state index contributed by atoms with van der Waals surface area (Å²) >= 11 is 0. The Kier molecular flexibility index (Phi) is 5.82. The van der Waals surface area contributed by atoms with Crippen LogP contribution in [0.2, 0.25) is 0 Å². The van der Waals surface area contributed by atoms with Crippen molar-refractivity contribution < 1.29 is 18.7 Å². The molecule has 2 heterocycles. The van der Waals surface area contributed by atoms with Crippen molar-refractivity contribution in [1.29, 1.82) is 0 Å². The number of carboxylic acid groups (broad SMARTS) is 1. The van der Waals surface area contributed by atoms with E-state index in [1.54, 1.807) is 36.2 Å². The number of carboxylic acids is 1. The summed E-state index contributed by atoms with van der Waals surface area (Å²) in [5, 5.41) is 13.2. The lowest BCUT2D eigenvalue weighted by molar-refractivity contribution is -0.0223. The zero-order valence-corrected chi connectivity index (χ0v) is 18.7. The van der Waals surface area contributed by atoms with E-state index in [1.165, 1.54) is 10.6 Å². The predicted molar refractivity (Wildman–Crippen MR) is 124 cm³/mol. The second-order valence-electron chi connectivity index (χ2n) is 8.59. The molecule has 7 nitrogen and oxygen atoms in total. The van der Waals surface area contributed by atoms with Gasteiger partial charge in [0.25, 0.3) is 11.5 Å². The average molecular weight is 456 g/mol. The van der Waals surface area contributed by atoms with Gasteiger partial charge < -0.3 is 15.3 Å². The van der Waals surface area contributed by atoms with Crippen LogP contribution in [0, 0.1) is 6.92 Å². The highest BCUT2D eigenvalue weighted by atomic mass is 19.3. The van der Waals surface area contributed by atoms with E-state index in [-0.39, 0.29) is 43.1 Å². The molecule has 4 rings (SSSR count).